The smallest absolute Gasteiger partial charge is 0.142 e. The van der Waals surface area contributed by atoms with E-state index in [1.165, 1.54) is 12.1 Å². The van der Waals surface area contributed by atoms with Crippen LogP contribution >= 0.6 is 0 Å². The Labute approximate surface area is 111 Å². The molecule has 2 rings (SSSR count). The number of benzene rings is 1. The van der Waals surface area contributed by atoms with Crippen LogP contribution in [0, 0.1) is 24.1 Å². The molecular weight excluding hydrogens is 243 g/mol. The molecule has 2 aromatic rings. The zero-order chi connectivity index (χ0) is 14.0. The number of nitrogens with one attached hydrogen (secondary N) is 1. The van der Waals surface area contributed by atoms with Crippen molar-refractivity contribution in [2.75, 3.05) is 14.1 Å². The highest BCUT2D eigenvalue weighted by Gasteiger charge is 2.16. The van der Waals surface area contributed by atoms with Gasteiger partial charge >= 0.3 is 0 Å². The summed E-state index contributed by atoms with van der Waals surface area (Å²) >= 11 is 0. The van der Waals surface area contributed by atoms with Crippen LogP contribution in [0.1, 0.15) is 17.0 Å². The number of H-pyrrole nitrogens is 1. The summed E-state index contributed by atoms with van der Waals surface area (Å²) in [5, 5.41) is 9.06. The van der Waals surface area contributed by atoms with Crippen LogP contribution < -0.4 is 0 Å². The molecule has 0 saturated heterocycles. The topological polar surface area (TPSA) is 55.7 Å². The van der Waals surface area contributed by atoms with Gasteiger partial charge in [-0.05, 0) is 33.2 Å². The molecule has 0 atom stereocenters. The molecule has 0 amide bonds. The monoisotopic (exact) mass is 258 g/mol. The summed E-state index contributed by atoms with van der Waals surface area (Å²) in [4.78, 5) is 9.43. The fourth-order valence-electron chi connectivity index (χ4n) is 1.94. The molecule has 4 nitrogen and oxygen atoms in total. The van der Waals surface area contributed by atoms with Crippen LogP contribution in [0.4, 0.5) is 4.39 Å². The third-order valence-corrected chi connectivity index (χ3v) is 2.83. The lowest BCUT2D eigenvalue weighted by atomic mass is 10.1. The molecule has 0 fully saturated rings. The van der Waals surface area contributed by atoms with Gasteiger partial charge in [0.2, 0.25) is 0 Å². The molecule has 1 N–H and O–H groups in total. The number of aromatic nitrogens is 2. The molecule has 98 valence electrons. The first-order valence-corrected chi connectivity index (χ1v) is 5.92. The van der Waals surface area contributed by atoms with Gasteiger partial charge in [-0.25, -0.2) is 9.37 Å². The second kappa shape index (κ2) is 5.21. The Morgan fingerprint density at radius 2 is 2.16 bits per heavy atom. The number of halogens is 1. The lowest BCUT2D eigenvalue weighted by Gasteiger charge is -2.07. The minimum absolute atomic E-state index is 0.234. The van der Waals surface area contributed by atoms with Gasteiger partial charge < -0.3 is 9.88 Å². The Morgan fingerprint density at radius 3 is 2.79 bits per heavy atom. The first kappa shape index (κ1) is 13.2. The maximum absolute atomic E-state index is 13.9. The number of aryl methyl sites for hydroxylation is 1. The quantitative estimate of drug-likeness (QED) is 0.920. The van der Waals surface area contributed by atoms with Crippen molar-refractivity contribution < 1.29 is 4.39 Å². The van der Waals surface area contributed by atoms with Gasteiger partial charge in [-0.1, -0.05) is 6.07 Å². The van der Waals surface area contributed by atoms with Crippen LogP contribution in [-0.2, 0) is 6.54 Å². The van der Waals surface area contributed by atoms with Crippen molar-refractivity contribution in [3.63, 3.8) is 0 Å². The second-order valence-electron chi connectivity index (χ2n) is 4.66. The highest BCUT2D eigenvalue weighted by Crippen LogP contribution is 2.25. The molecular formula is C14H15FN4. The molecule has 5 heteroatoms. The van der Waals surface area contributed by atoms with E-state index >= 15 is 0 Å². The summed E-state index contributed by atoms with van der Waals surface area (Å²) < 4.78 is 13.9. The molecule has 0 unspecified atom stereocenters. The van der Waals surface area contributed by atoms with Gasteiger partial charge in [0.05, 0.1) is 28.6 Å². The van der Waals surface area contributed by atoms with E-state index in [0.717, 1.165) is 11.4 Å². The predicted octanol–water partition coefficient (Wildman–Crippen LogP) is 2.46. The van der Waals surface area contributed by atoms with Gasteiger partial charge in [-0.2, -0.15) is 5.26 Å². The Hall–Kier alpha value is -2.19. The number of hydrogen-bond donors (Lipinski definition) is 1. The number of imidazole rings is 1. The zero-order valence-electron chi connectivity index (χ0n) is 11.2. The summed E-state index contributed by atoms with van der Waals surface area (Å²) in [6, 6.07) is 6.43. The zero-order valence-corrected chi connectivity index (χ0v) is 11.2. The SMILES string of the molecule is Cc1nc(-c2c(F)cccc2C#N)[nH]c1CN(C)C. The van der Waals surface area contributed by atoms with E-state index in [2.05, 4.69) is 9.97 Å². The van der Waals surface area contributed by atoms with E-state index < -0.39 is 5.82 Å². The Morgan fingerprint density at radius 1 is 1.42 bits per heavy atom. The van der Waals surface area contributed by atoms with E-state index in [9.17, 15) is 4.39 Å². The van der Waals surface area contributed by atoms with Crippen LogP contribution in [-0.4, -0.2) is 29.0 Å². The second-order valence-corrected chi connectivity index (χ2v) is 4.66. The third-order valence-electron chi connectivity index (χ3n) is 2.83. The van der Waals surface area contributed by atoms with E-state index in [4.69, 9.17) is 5.26 Å². The van der Waals surface area contributed by atoms with E-state index in [1.807, 2.05) is 32.0 Å². The summed E-state index contributed by atoms with van der Waals surface area (Å²) in [5.41, 5.74) is 2.26. The highest BCUT2D eigenvalue weighted by atomic mass is 19.1. The average molecular weight is 258 g/mol. The van der Waals surface area contributed by atoms with Crippen molar-refractivity contribution in [1.82, 2.24) is 14.9 Å². The maximum Gasteiger partial charge on any atom is 0.142 e. The normalized spacial score (nSPS) is 10.7. The van der Waals surface area contributed by atoms with Crippen LogP contribution in [0.25, 0.3) is 11.4 Å². The molecule has 0 aliphatic carbocycles. The van der Waals surface area contributed by atoms with Crippen molar-refractivity contribution in [2.45, 2.75) is 13.5 Å². The van der Waals surface area contributed by atoms with E-state index in [-0.39, 0.29) is 11.1 Å². The molecule has 0 bridgehead atoms. The van der Waals surface area contributed by atoms with Gasteiger partial charge in [0.15, 0.2) is 0 Å². The van der Waals surface area contributed by atoms with Crippen LogP contribution in [0.3, 0.4) is 0 Å². The maximum atomic E-state index is 13.9. The Kier molecular flexibility index (Phi) is 3.63. The van der Waals surface area contributed by atoms with E-state index in [0.29, 0.717) is 12.4 Å². The number of nitriles is 1. The van der Waals surface area contributed by atoms with Crippen molar-refractivity contribution in [3.8, 4) is 17.5 Å². The number of nitrogens with zero attached hydrogens (tertiary/aromatic N) is 3. The van der Waals surface area contributed by atoms with Gasteiger partial charge in [-0.3, -0.25) is 0 Å². The average Bonchev–Trinajstić information content (AvgIpc) is 2.69. The molecule has 1 aromatic carbocycles. The molecule has 1 heterocycles. The van der Waals surface area contributed by atoms with Crippen LogP contribution in [0.2, 0.25) is 0 Å². The first-order chi connectivity index (χ1) is 9.02. The fraction of sp³-hybridized carbons (Fsp3) is 0.286. The first-order valence-electron chi connectivity index (χ1n) is 5.92. The molecule has 1 aromatic heterocycles. The highest BCUT2D eigenvalue weighted by molar-refractivity contribution is 5.65. The summed E-state index contributed by atoms with van der Waals surface area (Å²) in [5.74, 6) is -0.0341. The largest absolute Gasteiger partial charge is 0.340 e. The third kappa shape index (κ3) is 2.64. The van der Waals surface area contributed by atoms with Gasteiger partial charge in [-0.15, -0.1) is 0 Å². The predicted molar refractivity (Wildman–Crippen MR) is 70.8 cm³/mol. The van der Waals surface area contributed by atoms with Gasteiger partial charge in [0.1, 0.15) is 11.6 Å². The molecule has 0 spiro atoms. The molecule has 0 aliphatic heterocycles. The van der Waals surface area contributed by atoms with E-state index in [1.54, 1.807) is 6.07 Å². The molecule has 0 radical (unpaired) electrons. The van der Waals surface area contributed by atoms with Crippen molar-refractivity contribution in [3.05, 3.63) is 41.0 Å². The number of rotatable bonds is 3. The molecule has 19 heavy (non-hydrogen) atoms. The standard InChI is InChI=1S/C14H15FN4/c1-9-12(8-19(2)3)18-14(17-9)13-10(7-16)5-4-6-11(13)15/h4-6H,8H2,1-3H3,(H,17,18). The summed E-state index contributed by atoms with van der Waals surface area (Å²) in [6.45, 7) is 2.56. The van der Waals surface area contributed by atoms with Crippen molar-refractivity contribution >= 4 is 0 Å². The van der Waals surface area contributed by atoms with Gasteiger partial charge in [0.25, 0.3) is 0 Å². The van der Waals surface area contributed by atoms with Crippen molar-refractivity contribution in [1.29, 1.82) is 5.26 Å². The van der Waals surface area contributed by atoms with Crippen LogP contribution in [0.5, 0.6) is 0 Å². The van der Waals surface area contributed by atoms with Crippen molar-refractivity contribution in [2.24, 2.45) is 0 Å². The lowest BCUT2D eigenvalue weighted by Crippen LogP contribution is -2.11. The minimum Gasteiger partial charge on any atom is -0.340 e. The molecule has 0 aliphatic rings. The lowest BCUT2D eigenvalue weighted by molar-refractivity contribution is 0.396. The van der Waals surface area contributed by atoms with Gasteiger partial charge in [0, 0.05) is 6.54 Å². The number of hydrogen-bond acceptors (Lipinski definition) is 3. The Balaban J connectivity index is 2.52. The minimum atomic E-state index is -0.441. The summed E-state index contributed by atoms with van der Waals surface area (Å²) in [7, 11) is 3.90. The van der Waals surface area contributed by atoms with Crippen LogP contribution in [0.15, 0.2) is 18.2 Å². The summed E-state index contributed by atoms with van der Waals surface area (Å²) in [6.07, 6.45) is 0. The Bertz CT molecular complexity index is 637. The number of aromatic amines is 1. The fourth-order valence-corrected chi connectivity index (χ4v) is 1.94. The molecule has 0 saturated carbocycles.